The van der Waals surface area contributed by atoms with Crippen LogP contribution in [0.5, 0.6) is 0 Å². The average molecular weight is 291 g/mol. The molecule has 1 heterocycles. The van der Waals surface area contributed by atoms with Gasteiger partial charge in [-0.2, -0.15) is 0 Å². The number of anilines is 1. The van der Waals surface area contributed by atoms with E-state index in [9.17, 15) is 9.59 Å². The van der Waals surface area contributed by atoms with Gasteiger partial charge in [0.25, 0.3) is 0 Å². The average Bonchev–Trinajstić information content (AvgIpc) is 2.78. The van der Waals surface area contributed by atoms with E-state index in [4.69, 9.17) is 9.84 Å². The summed E-state index contributed by atoms with van der Waals surface area (Å²) < 4.78 is 5.04. The number of rotatable bonds is 4. The Morgan fingerprint density at radius 1 is 1.30 bits per heavy atom. The monoisotopic (exact) mass is 291 g/mol. The molecule has 0 unspecified atom stereocenters. The summed E-state index contributed by atoms with van der Waals surface area (Å²) in [6.45, 7) is 1.82. The van der Waals surface area contributed by atoms with E-state index < -0.39 is 12.1 Å². The molecule has 5 nitrogen and oxygen atoms in total. The van der Waals surface area contributed by atoms with Crippen LogP contribution in [0.2, 0.25) is 0 Å². The van der Waals surface area contributed by atoms with E-state index in [0.717, 1.165) is 16.9 Å². The predicted octanol–water partition coefficient (Wildman–Crippen LogP) is 3.50. The van der Waals surface area contributed by atoms with E-state index in [1.165, 1.54) is 0 Å². The summed E-state index contributed by atoms with van der Waals surface area (Å²) in [6.07, 6.45) is -0.668. The van der Waals surface area contributed by atoms with Crippen molar-refractivity contribution in [2.24, 2.45) is 0 Å². The van der Waals surface area contributed by atoms with E-state index in [1.54, 1.807) is 12.3 Å². The van der Waals surface area contributed by atoms with Crippen LogP contribution in [0.15, 0.2) is 35.7 Å². The Balaban J connectivity index is 1.97. The molecule has 104 valence electrons. The molecule has 20 heavy (non-hydrogen) atoms. The molecule has 0 fully saturated rings. The summed E-state index contributed by atoms with van der Waals surface area (Å²) in [7, 11) is 0. The number of benzene rings is 1. The van der Waals surface area contributed by atoms with Crippen LogP contribution in [0.25, 0.3) is 0 Å². The van der Waals surface area contributed by atoms with Crippen LogP contribution in [0.4, 0.5) is 9.80 Å². The molecule has 0 aliphatic heterocycles. The lowest BCUT2D eigenvalue weighted by Gasteiger charge is -2.06. The van der Waals surface area contributed by atoms with Crippen molar-refractivity contribution in [2.45, 2.75) is 13.5 Å². The molecule has 2 rings (SSSR count). The molecule has 0 aliphatic rings. The van der Waals surface area contributed by atoms with Gasteiger partial charge in [-0.1, -0.05) is 30.3 Å². The van der Waals surface area contributed by atoms with Gasteiger partial charge in [0, 0.05) is 0 Å². The van der Waals surface area contributed by atoms with Gasteiger partial charge in [0.05, 0.1) is 5.56 Å². The maximum Gasteiger partial charge on any atom is 0.412 e. The molecule has 0 atom stereocenters. The van der Waals surface area contributed by atoms with Crippen molar-refractivity contribution in [1.82, 2.24) is 0 Å². The number of thiophene rings is 1. The van der Waals surface area contributed by atoms with E-state index in [2.05, 4.69) is 5.32 Å². The third-order valence-electron chi connectivity index (χ3n) is 2.62. The minimum atomic E-state index is -1.07. The molecule has 0 saturated heterocycles. The van der Waals surface area contributed by atoms with Crippen LogP contribution in [-0.2, 0) is 11.3 Å². The summed E-state index contributed by atoms with van der Waals surface area (Å²) in [4.78, 5) is 22.7. The first-order chi connectivity index (χ1) is 9.58. The molecule has 2 aromatic rings. The van der Waals surface area contributed by atoms with Crippen molar-refractivity contribution in [3.8, 4) is 0 Å². The minimum Gasteiger partial charge on any atom is -0.478 e. The molecule has 0 bridgehead atoms. The zero-order chi connectivity index (χ0) is 14.5. The van der Waals surface area contributed by atoms with Gasteiger partial charge in [0.1, 0.15) is 11.6 Å². The van der Waals surface area contributed by atoms with Crippen molar-refractivity contribution in [1.29, 1.82) is 0 Å². The van der Waals surface area contributed by atoms with Gasteiger partial charge in [-0.05, 0) is 23.4 Å². The van der Waals surface area contributed by atoms with Crippen molar-refractivity contribution in [2.75, 3.05) is 5.32 Å². The number of nitrogens with one attached hydrogen (secondary N) is 1. The fraction of sp³-hybridized carbons (Fsp3) is 0.143. The molecule has 1 amide bonds. The zero-order valence-corrected chi connectivity index (χ0v) is 11.6. The Morgan fingerprint density at radius 3 is 2.65 bits per heavy atom. The Morgan fingerprint density at radius 2 is 2.00 bits per heavy atom. The van der Waals surface area contributed by atoms with Crippen LogP contribution >= 0.6 is 11.3 Å². The van der Waals surface area contributed by atoms with Crippen molar-refractivity contribution in [3.05, 3.63) is 52.4 Å². The normalized spacial score (nSPS) is 10.1. The Bertz CT molecular complexity index is 621. The summed E-state index contributed by atoms with van der Waals surface area (Å²) in [5.41, 5.74) is 1.58. The second-order valence-electron chi connectivity index (χ2n) is 4.11. The highest BCUT2D eigenvalue weighted by Crippen LogP contribution is 2.27. The first kappa shape index (κ1) is 14.1. The van der Waals surface area contributed by atoms with Gasteiger partial charge >= 0.3 is 12.1 Å². The lowest BCUT2D eigenvalue weighted by atomic mass is 10.2. The number of aromatic carboxylic acids is 1. The van der Waals surface area contributed by atoms with E-state index in [-0.39, 0.29) is 17.2 Å². The van der Waals surface area contributed by atoms with Crippen LogP contribution in [0.1, 0.15) is 21.5 Å². The fourth-order valence-corrected chi connectivity index (χ4v) is 2.57. The van der Waals surface area contributed by atoms with E-state index >= 15 is 0 Å². The third kappa shape index (κ3) is 3.36. The molecule has 0 spiro atoms. The second-order valence-corrected chi connectivity index (χ2v) is 4.99. The SMILES string of the molecule is Cc1csc(NC(=O)OCc2ccccc2)c1C(=O)O. The first-order valence-electron chi connectivity index (χ1n) is 5.87. The molecule has 2 N–H and O–H groups in total. The van der Waals surface area contributed by atoms with Crippen LogP contribution in [0, 0.1) is 6.92 Å². The zero-order valence-electron chi connectivity index (χ0n) is 10.8. The lowest BCUT2D eigenvalue weighted by Crippen LogP contribution is -2.14. The summed E-state index contributed by atoms with van der Waals surface area (Å²) in [5, 5.41) is 13.5. The third-order valence-corrected chi connectivity index (χ3v) is 3.63. The molecule has 6 heteroatoms. The summed E-state index contributed by atoms with van der Waals surface area (Å²) >= 11 is 1.16. The van der Waals surface area contributed by atoms with Crippen LogP contribution in [-0.4, -0.2) is 17.2 Å². The number of amides is 1. The summed E-state index contributed by atoms with van der Waals surface area (Å²) in [6, 6.07) is 9.25. The number of hydrogen-bond donors (Lipinski definition) is 2. The number of carbonyl (C=O) groups excluding carboxylic acids is 1. The number of ether oxygens (including phenoxy) is 1. The van der Waals surface area contributed by atoms with Gasteiger partial charge < -0.3 is 9.84 Å². The van der Waals surface area contributed by atoms with Crippen LogP contribution in [0.3, 0.4) is 0 Å². The number of aryl methyl sites for hydroxylation is 1. The number of hydrogen-bond acceptors (Lipinski definition) is 4. The number of carbonyl (C=O) groups is 2. The molecule has 0 radical (unpaired) electrons. The Labute approximate surface area is 119 Å². The highest BCUT2D eigenvalue weighted by molar-refractivity contribution is 7.15. The maximum absolute atomic E-state index is 11.7. The topological polar surface area (TPSA) is 75.6 Å². The van der Waals surface area contributed by atoms with E-state index in [1.807, 2.05) is 30.3 Å². The smallest absolute Gasteiger partial charge is 0.412 e. The molecule has 0 saturated carbocycles. The van der Waals surface area contributed by atoms with E-state index in [0.29, 0.717) is 5.56 Å². The standard InChI is InChI=1S/C14H13NO4S/c1-9-8-20-12(11(9)13(16)17)15-14(18)19-7-10-5-3-2-4-6-10/h2-6,8H,7H2,1H3,(H,15,18)(H,16,17). The number of carboxylic acids is 1. The predicted molar refractivity (Wildman–Crippen MR) is 76.3 cm³/mol. The number of carboxylic acid groups (broad SMARTS) is 1. The molecule has 1 aromatic carbocycles. The van der Waals surface area contributed by atoms with Gasteiger partial charge in [-0.3, -0.25) is 5.32 Å². The quantitative estimate of drug-likeness (QED) is 0.904. The molecular formula is C14H13NO4S. The van der Waals surface area contributed by atoms with Crippen LogP contribution < -0.4 is 5.32 Å². The van der Waals surface area contributed by atoms with Gasteiger partial charge in [-0.15, -0.1) is 11.3 Å². The minimum absolute atomic E-state index is 0.103. The van der Waals surface area contributed by atoms with Crippen molar-refractivity contribution in [3.63, 3.8) is 0 Å². The second kappa shape index (κ2) is 6.21. The fourth-order valence-electron chi connectivity index (χ4n) is 1.65. The maximum atomic E-state index is 11.7. The van der Waals surface area contributed by atoms with Crippen molar-refractivity contribution < 1.29 is 19.4 Å². The largest absolute Gasteiger partial charge is 0.478 e. The Hall–Kier alpha value is -2.34. The highest BCUT2D eigenvalue weighted by Gasteiger charge is 2.17. The summed E-state index contributed by atoms with van der Waals surface area (Å²) in [5.74, 6) is -1.07. The molecule has 0 aliphatic carbocycles. The lowest BCUT2D eigenvalue weighted by molar-refractivity contribution is 0.0698. The van der Waals surface area contributed by atoms with Gasteiger partial charge in [0.2, 0.25) is 0 Å². The van der Waals surface area contributed by atoms with Gasteiger partial charge in [0.15, 0.2) is 0 Å². The first-order valence-corrected chi connectivity index (χ1v) is 6.75. The molecular weight excluding hydrogens is 278 g/mol. The van der Waals surface area contributed by atoms with Crippen molar-refractivity contribution >= 4 is 28.4 Å². The highest BCUT2D eigenvalue weighted by atomic mass is 32.1. The van der Waals surface area contributed by atoms with Gasteiger partial charge in [-0.25, -0.2) is 9.59 Å². The Kier molecular flexibility index (Phi) is 4.37. The molecule has 1 aromatic heterocycles.